The van der Waals surface area contributed by atoms with Gasteiger partial charge >= 0.3 is 0 Å². The summed E-state index contributed by atoms with van der Waals surface area (Å²) in [6.45, 7) is 2.19. The van der Waals surface area contributed by atoms with E-state index in [1.807, 2.05) is 0 Å². The van der Waals surface area contributed by atoms with Crippen molar-refractivity contribution in [2.45, 2.75) is 50.6 Å². The number of hydrogen-bond donors (Lipinski definition) is 3. The van der Waals surface area contributed by atoms with Crippen LogP contribution in [0, 0.1) is 0 Å². The molecule has 0 heterocycles. The maximum absolute atomic E-state index is 5.77. The minimum Gasteiger partial charge on any atom is -0.329 e. The molecule has 0 spiro atoms. The van der Waals surface area contributed by atoms with Crippen LogP contribution in [0.5, 0.6) is 0 Å². The highest BCUT2D eigenvalue weighted by Gasteiger charge is 2.14. The van der Waals surface area contributed by atoms with Crippen LogP contribution in [0.1, 0.15) is 49.1 Å². The van der Waals surface area contributed by atoms with Crippen molar-refractivity contribution in [2.75, 3.05) is 13.1 Å². The molecule has 1 fully saturated rings. The molecule has 1 unspecified atom stereocenters. The van der Waals surface area contributed by atoms with Crippen LogP contribution in [-0.2, 0) is 6.54 Å². The number of rotatable bonds is 6. The molecule has 3 heteroatoms. The lowest BCUT2D eigenvalue weighted by molar-refractivity contribution is 0.443. The maximum atomic E-state index is 5.77. The first-order chi connectivity index (χ1) is 9.29. The fourth-order valence-electron chi connectivity index (χ4n) is 2.83. The van der Waals surface area contributed by atoms with Crippen molar-refractivity contribution in [3.8, 4) is 0 Å². The largest absolute Gasteiger partial charge is 0.329 e. The molecule has 1 saturated carbocycles. The second-order valence-corrected chi connectivity index (χ2v) is 5.70. The Morgan fingerprint density at radius 3 is 2.42 bits per heavy atom. The third-order valence-electron chi connectivity index (χ3n) is 4.09. The average Bonchev–Trinajstić information content (AvgIpc) is 2.48. The van der Waals surface area contributed by atoms with E-state index in [-0.39, 0.29) is 6.04 Å². The number of nitrogens with one attached hydrogen (secondary N) is 1. The number of nitrogens with two attached hydrogens (primary N) is 2. The van der Waals surface area contributed by atoms with E-state index in [0.717, 1.165) is 19.0 Å². The van der Waals surface area contributed by atoms with E-state index >= 15 is 0 Å². The summed E-state index contributed by atoms with van der Waals surface area (Å²) in [5.41, 5.74) is 14.1. The fourth-order valence-corrected chi connectivity index (χ4v) is 2.83. The molecule has 1 aromatic rings. The van der Waals surface area contributed by atoms with Crippen LogP contribution in [0.2, 0.25) is 0 Å². The smallest absolute Gasteiger partial charge is 0.0290 e. The van der Waals surface area contributed by atoms with Crippen molar-refractivity contribution in [3.63, 3.8) is 0 Å². The molecule has 0 bridgehead atoms. The second-order valence-electron chi connectivity index (χ2n) is 5.70. The summed E-state index contributed by atoms with van der Waals surface area (Å²) in [6, 6.07) is 9.14. The van der Waals surface area contributed by atoms with Crippen molar-refractivity contribution >= 4 is 0 Å². The van der Waals surface area contributed by atoms with Gasteiger partial charge in [-0.15, -0.1) is 0 Å². The standard InChI is InChI=1S/C16H27N3/c17-10-16(18)12-19-11-13-6-8-15(9-7-13)14-4-2-1-3-5-14/h6-9,14,16,19H,1-5,10-12,17-18H2. The van der Waals surface area contributed by atoms with Crippen LogP contribution in [0.15, 0.2) is 24.3 Å². The van der Waals surface area contributed by atoms with Crippen molar-refractivity contribution in [2.24, 2.45) is 11.5 Å². The predicted octanol–water partition coefficient (Wildman–Crippen LogP) is 2.11. The first kappa shape index (κ1) is 14.5. The van der Waals surface area contributed by atoms with Crippen molar-refractivity contribution < 1.29 is 0 Å². The minimum absolute atomic E-state index is 0.0570. The summed E-state index contributed by atoms with van der Waals surface area (Å²) in [5, 5.41) is 3.35. The monoisotopic (exact) mass is 261 g/mol. The molecule has 5 N–H and O–H groups in total. The summed E-state index contributed by atoms with van der Waals surface area (Å²) in [7, 11) is 0. The summed E-state index contributed by atoms with van der Waals surface area (Å²) in [6.07, 6.45) is 6.93. The molecule has 1 aliphatic carbocycles. The molecule has 0 radical (unpaired) electrons. The molecule has 0 aromatic heterocycles. The third kappa shape index (κ3) is 4.60. The van der Waals surface area contributed by atoms with Crippen LogP contribution < -0.4 is 16.8 Å². The van der Waals surface area contributed by atoms with Gasteiger partial charge in [-0.2, -0.15) is 0 Å². The zero-order valence-corrected chi connectivity index (χ0v) is 11.8. The molecular formula is C16H27N3. The molecule has 1 atom stereocenters. The highest BCUT2D eigenvalue weighted by atomic mass is 14.9. The van der Waals surface area contributed by atoms with Crippen LogP contribution in [-0.4, -0.2) is 19.1 Å². The van der Waals surface area contributed by atoms with Gasteiger partial charge in [0, 0.05) is 25.7 Å². The summed E-state index contributed by atoms with van der Waals surface area (Å²) >= 11 is 0. The molecule has 19 heavy (non-hydrogen) atoms. The molecule has 0 saturated heterocycles. The van der Waals surface area contributed by atoms with Gasteiger partial charge in [-0.3, -0.25) is 0 Å². The van der Waals surface area contributed by atoms with Crippen molar-refractivity contribution in [1.29, 1.82) is 0 Å². The quantitative estimate of drug-likeness (QED) is 0.735. The van der Waals surface area contributed by atoms with Gasteiger partial charge in [0.15, 0.2) is 0 Å². The van der Waals surface area contributed by atoms with Gasteiger partial charge in [0.2, 0.25) is 0 Å². The zero-order chi connectivity index (χ0) is 13.5. The highest BCUT2D eigenvalue weighted by molar-refractivity contribution is 5.25. The molecule has 1 aromatic carbocycles. The Morgan fingerprint density at radius 2 is 1.79 bits per heavy atom. The average molecular weight is 261 g/mol. The van der Waals surface area contributed by atoms with Gasteiger partial charge in [-0.05, 0) is 29.9 Å². The van der Waals surface area contributed by atoms with Crippen molar-refractivity contribution in [3.05, 3.63) is 35.4 Å². The topological polar surface area (TPSA) is 64.1 Å². The first-order valence-corrected chi connectivity index (χ1v) is 7.55. The molecule has 1 aliphatic rings. The molecule has 0 amide bonds. The summed E-state index contributed by atoms with van der Waals surface area (Å²) in [4.78, 5) is 0. The summed E-state index contributed by atoms with van der Waals surface area (Å²) < 4.78 is 0. The Labute approximate surface area is 116 Å². The van der Waals surface area contributed by atoms with Crippen molar-refractivity contribution in [1.82, 2.24) is 5.32 Å². The highest BCUT2D eigenvalue weighted by Crippen LogP contribution is 2.32. The molecular weight excluding hydrogens is 234 g/mol. The third-order valence-corrected chi connectivity index (χ3v) is 4.09. The lowest BCUT2D eigenvalue weighted by Crippen LogP contribution is -2.39. The van der Waals surface area contributed by atoms with Crippen LogP contribution >= 0.6 is 0 Å². The Morgan fingerprint density at radius 1 is 1.11 bits per heavy atom. The van der Waals surface area contributed by atoms with E-state index in [1.165, 1.54) is 43.2 Å². The molecule has 0 aliphatic heterocycles. The lowest BCUT2D eigenvalue weighted by Gasteiger charge is -2.22. The van der Waals surface area contributed by atoms with E-state index in [0.29, 0.717) is 6.54 Å². The van der Waals surface area contributed by atoms with Gasteiger partial charge < -0.3 is 16.8 Å². The molecule has 2 rings (SSSR count). The van der Waals surface area contributed by atoms with Gasteiger partial charge in [0.05, 0.1) is 0 Å². The maximum Gasteiger partial charge on any atom is 0.0290 e. The zero-order valence-electron chi connectivity index (χ0n) is 11.8. The lowest BCUT2D eigenvalue weighted by atomic mass is 9.84. The van der Waals surface area contributed by atoms with E-state index in [2.05, 4.69) is 29.6 Å². The van der Waals surface area contributed by atoms with Crippen LogP contribution in [0.4, 0.5) is 0 Å². The second kappa shape index (κ2) is 7.63. The van der Waals surface area contributed by atoms with Crippen LogP contribution in [0.3, 0.4) is 0 Å². The Bertz CT molecular complexity index is 355. The van der Waals surface area contributed by atoms with E-state index in [4.69, 9.17) is 11.5 Å². The van der Waals surface area contributed by atoms with Gasteiger partial charge in [-0.25, -0.2) is 0 Å². The number of benzene rings is 1. The van der Waals surface area contributed by atoms with Crippen LogP contribution in [0.25, 0.3) is 0 Å². The Hall–Kier alpha value is -0.900. The Kier molecular flexibility index (Phi) is 5.83. The normalized spacial score (nSPS) is 18.4. The van der Waals surface area contributed by atoms with Gasteiger partial charge in [0.25, 0.3) is 0 Å². The summed E-state index contributed by atoms with van der Waals surface area (Å²) in [5.74, 6) is 0.793. The van der Waals surface area contributed by atoms with E-state index in [9.17, 15) is 0 Å². The SMILES string of the molecule is NCC(N)CNCc1ccc(C2CCCCC2)cc1. The Balaban J connectivity index is 1.80. The van der Waals surface area contributed by atoms with Gasteiger partial charge in [0.1, 0.15) is 0 Å². The minimum atomic E-state index is 0.0570. The first-order valence-electron chi connectivity index (χ1n) is 7.55. The molecule has 3 nitrogen and oxygen atoms in total. The van der Waals surface area contributed by atoms with E-state index in [1.54, 1.807) is 0 Å². The van der Waals surface area contributed by atoms with Gasteiger partial charge in [-0.1, -0.05) is 43.5 Å². The molecule has 106 valence electrons. The van der Waals surface area contributed by atoms with E-state index < -0.39 is 0 Å². The fraction of sp³-hybridized carbons (Fsp3) is 0.625. The predicted molar refractivity (Wildman–Crippen MR) is 81.0 cm³/mol. The number of hydrogen-bond acceptors (Lipinski definition) is 3.